The Hall–Kier alpha value is -0.813. The second-order valence-corrected chi connectivity index (χ2v) is 12.1. The lowest BCUT2D eigenvalue weighted by Gasteiger charge is -2.43. The predicted molar refractivity (Wildman–Crippen MR) is 127 cm³/mol. The molecule has 0 aliphatic carbocycles. The van der Waals surface area contributed by atoms with Gasteiger partial charge in [0.25, 0.3) is 0 Å². The molecule has 0 heterocycles. The van der Waals surface area contributed by atoms with E-state index in [1.807, 2.05) is 0 Å². The van der Waals surface area contributed by atoms with E-state index in [0.717, 1.165) is 20.8 Å². The van der Waals surface area contributed by atoms with Crippen LogP contribution >= 0.6 is 0 Å². The summed E-state index contributed by atoms with van der Waals surface area (Å²) in [6.07, 6.45) is -4.67. The Kier molecular flexibility index (Phi) is 16.0. The molecule has 0 atom stereocenters. The van der Waals surface area contributed by atoms with Gasteiger partial charge in [0.2, 0.25) is 0 Å². The van der Waals surface area contributed by atoms with Gasteiger partial charge in [0.05, 0.1) is 0 Å². The molecule has 0 bridgehead atoms. The van der Waals surface area contributed by atoms with Gasteiger partial charge < -0.3 is 13.3 Å². The number of hydrogen-bond donors (Lipinski definition) is 0. The van der Waals surface area contributed by atoms with E-state index in [2.05, 4.69) is 13.3 Å². The van der Waals surface area contributed by atoms with E-state index in [4.69, 9.17) is 0 Å². The second-order valence-electron chi connectivity index (χ2n) is 9.51. The van der Waals surface area contributed by atoms with Crippen molar-refractivity contribution in [3.05, 3.63) is 0 Å². The molecule has 3 nitrogen and oxygen atoms in total. The molecule has 0 rings (SSSR count). The Morgan fingerprint density at radius 1 is 0.415 bits per heavy atom. The lowest BCUT2D eigenvalue weighted by molar-refractivity contribution is -0.396. The maximum absolute atomic E-state index is 14.9. The lowest BCUT2D eigenvalue weighted by atomic mass is 9.94. The molecule has 0 unspecified atom stereocenters. The zero-order chi connectivity index (χ0) is 32.2. The molecular formula is C24H39F13O3Si. The molecule has 0 saturated heterocycles. The van der Waals surface area contributed by atoms with Crippen LogP contribution in [0.1, 0.15) is 97.8 Å². The van der Waals surface area contributed by atoms with Crippen LogP contribution in [0.15, 0.2) is 0 Å². The van der Waals surface area contributed by atoms with Gasteiger partial charge in [-0.3, -0.25) is 0 Å². The minimum Gasteiger partial charge on any atom is -0.370 e. The van der Waals surface area contributed by atoms with Gasteiger partial charge in [-0.25, -0.2) is 0 Å². The first-order valence-electron chi connectivity index (χ1n) is 13.5. The number of hydrogen-bond acceptors (Lipinski definition) is 3. The molecule has 0 aliphatic heterocycles. The van der Waals surface area contributed by atoms with Crippen LogP contribution in [0.4, 0.5) is 57.1 Å². The van der Waals surface area contributed by atoms with Crippen molar-refractivity contribution in [3.63, 3.8) is 0 Å². The molecular weight excluding hydrogens is 611 g/mol. The Balaban J connectivity index is 5.16. The summed E-state index contributed by atoms with van der Waals surface area (Å²) in [5.41, 5.74) is -6.22. The first kappa shape index (κ1) is 40.2. The normalized spacial score (nSPS) is 14.6. The third-order valence-corrected chi connectivity index (χ3v) is 9.32. The molecule has 0 N–H and O–H groups in total. The standard InChI is InChI=1S/C24H39F13O3Si/c1-4-38-41(39-5-2,40-6-3)24(36,37)23(34,35)22(32,33)21(30,31)19(25,26)17-15-13-11-9-7-8-10-12-14-16-18-20(27,28)29/h4-18H2,1-3H3. The number of rotatable bonds is 23. The highest BCUT2D eigenvalue weighted by molar-refractivity contribution is 6.63. The van der Waals surface area contributed by atoms with Crippen LogP contribution in [0.25, 0.3) is 0 Å². The molecule has 0 radical (unpaired) electrons. The van der Waals surface area contributed by atoms with Crippen LogP contribution in [0, 0.1) is 0 Å². The fourth-order valence-electron chi connectivity index (χ4n) is 4.03. The van der Waals surface area contributed by atoms with Gasteiger partial charge in [-0.15, -0.1) is 0 Å². The van der Waals surface area contributed by atoms with E-state index in [0.29, 0.717) is 38.5 Å². The predicted octanol–water partition coefficient (Wildman–Crippen LogP) is 9.99. The van der Waals surface area contributed by atoms with Crippen molar-refractivity contribution in [2.45, 2.75) is 133 Å². The molecule has 0 amide bonds. The molecule has 248 valence electrons. The second kappa shape index (κ2) is 16.3. The minimum atomic E-state index is -7.24. The Morgan fingerprint density at radius 3 is 1.05 bits per heavy atom. The largest absolute Gasteiger partial charge is 0.582 e. The fraction of sp³-hybridized carbons (Fsp3) is 1.00. The van der Waals surface area contributed by atoms with E-state index in [9.17, 15) is 57.1 Å². The molecule has 17 heteroatoms. The van der Waals surface area contributed by atoms with Crippen molar-refractivity contribution < 1.29 is 70.4 Å². The highest BCUT2D eigenvalue weighted by atomic mass is 28.4. The summed E-state index contributed by atoms with van der Waals surface area (Å²) in [5, 5.41) is 0. The summed E-state index contributed by atoms with van der Waals surface area (Å²) in [7, 11) is -6.16. The molecule has 0 aliphatic rings. The zero-order valence-corrected chi connectivity index (χ0v) is 24.2. The summed E-state index contributed by atoms with van der Waals surface area (Å²) in [6, 6.07) is 0. The van der Waals surface area contributed by atoms with Crippen molar-refractivity contribution in [2.75, 3.05) is 19.8 Å². The van der Waals surface area contributed by atoms with E-state index in [-0.39, 0.29) is 19.3 Å². The highest BCUT2D eigenvalue weighted by Crippen LogP contribution is 2.59. The van der Waals surface area contributed by atoms with Crippen LogP contribution < -0.4 is 0 Å². The van der Waals surface area contributed by atoms with Crippen molar-refractivity contribution in [1.29, 1.82) is 0 Å². The van der Waals surface area contributed by atoms with E-state index >= 15 is 0 Å². The lowest BCUT2D eigenvalue weighted by Crippen LogP contribution is -2.76. The quantitative estimate of drug-likeness (QED) is 0.0626. The molecule has 0 aromatic rings. The Morgan fingerprint density at radius 2 is 0.732 bits per heavy atom. The number of alkyl halides is 13. The molecule has 0 saturated carbocycles. The average Bonchev–Trinajstić information content (AvgIpc) is 2.83. The van der Waals surface area contributed by atoms with Gasteiger partial charge in [0.15, 0.2) is 0 Å². The summed E-state index contributed by atoms with van der Waals surface area (Å²) in [5.74, 6) is -27.0. The zero-order valence-electron chi connectivity index (χ0n) is 23.2. The van der Waals surface area contributed by atoms with Gasteiger partial charge >= 0.3 is 44.2 Å². The van der Waals surface area contributed by atoms with Crippen LogP contribution in [0.3, 0.4) is 0 Å². The third-order valence-electron chi connectivity index (χ3n) is 6.23. The number of halogens is 13. The summed E-state index contributed by atoms with van der Waals surface area (Å²) in [6.45, 7) is 0.529. The molecule has 41 heavy (non-hydrogen) atoms. The van der Waals surface area contributed by atoms with E-state index in [1.165, 1.54) is 0 Å². The van der Waals surface area contributed by atoms with Gasteiger partial charge in [-0.2, -0.15) is 57.1 Å². The Bertz CT molecular complexity index is 717. The first-order valence-corrected chi connectivity index (χ1v) is 15.2. The van der Waals surface area contributed by atoms with Crippen LogP contribution in [-0.4, -0.2) is 64.0 Å². The van der Waals surface area contributed by atoms with Crippen molar-refractivity contribution in [2.24, 2.45) is 0 Å². The van der Waals surface area contributed by atoms with Gasteiger partial charge in [0.1, 0.15) is 0 Å². The van der Waals surface area contributed by atoms with Crippen LogP contribution in [0.2, 0.25) is 0 Å². The maximum atomic E-state index is 14.9. The monoisotopic (exact) mass is 650 g/mol. The minimum absolute atomic E-state index is 0.000666. The van der Waals surface area contributed by atoms with Crippen LogP contribution in [-0.2, 0) is 13.3 Å². The van der Waals surface area contributed by atoms with E-state index in [1.54, 1.807) is 0 Å². The third kappa shape index (κ3) is 10.1. The topological polar surface area (TPSA) is 27.7 Å². The average molecular weight is 651 g/mol. The van der Waals surface area contributed by atoms with Gasteiger partial charge in [-0.05, 0) is 33.6 Å². The first-order chi connectivity index (χ1) is 18.6. The molecule has 0 aromatic carbocycles. The smallest absolute Gasteiger partial charge is 0.370 e. The summed E-state index contributed by atoms with van der Waals surface area (Å²) >= 11 is 0. The summed E-state index contributed by atoms with van der Waals surface area (Å²) in [4.78, 5) is 0. The molecule has 0 aromatic heterocycles. The maximum Gasteiger partial charge on any atom is 0.582 e. The SMILES string of the molecule is CCO[Si](OCC)(OCC)C(F)(F)C(F)(F)C(F)(F)C(F)(F)C(F)(F)CCCCCCCCCCCCC(F)(F)F. The van der Waals surface area contributed by atoms with E-state index < -0.39 is 83.3 Å². The summed E-state index contributed by atoms with van der Waals surface area (Å²) < 4.78 is 195. The van der Waals surface area contributed by atoms with Crippen molar-refractivity contribution in [3.8, 4) is 0 Å². The fourth-order valence-corrected chi connectivity index (χ4v) is 6.50. The Labute approximate surface area is 232 Å². The van der Waals surface area contributed by atoms with Crippen molar-refractivity contribution in [1.82, 2.24) is 0 Å². The van der Waals surface area contributed by atoms with Crippen molar-refractivity contribution >= 4 is 8.80 Å². The van der Waals surface area contributed by atoms with Gasteiger partial charge in [-0.1, -0.05) is 51.4 Å². The molecule has 0 spiro atoms. The highest BCUT2D eigenvalue weighted by Gasteiger charge is 2.91. The van der Waals surface area contributed by atoms with Gasteiger partial charge in [0, 0.05) is 32.7 Å². The van der Waals surface area contributed by atoms with Crippen LogP contribution in [0.5, 0.6) is 0 Å². The molecule has 0 fully saturated rings. The number of unbranched alkanes of at least 4 members (excludes halogenated alkanes) is 9.